The number of carbonyl (C=O) groups is 2. The number of rotatable bonds is 7. The number of nitrogens with one attached hydrogen (secondary N) is 1. The molecule has 2 atom stereocenters. The van der Waals surface area contributed by atoms with Crippen LogP contribution in [0.3, 0.4) is 0 Å². The van der Waals surface area contributed by atoms with E-state index < -0.39 is 23.4 Å². The molecule has 1 aliphatic carbocycles. The van der Waals surface area contributed by atoms with E-state index in [1.165, 1.54) is 6.20 Å². The number of aromatic nitrogens is 2. The molecule has 10 nitrogen and oxygen atoms in total. The molecule has 1 aliphatic heterocycles. The van der Waals surface area contributed by atoms with Gasteiger partial charge in [0.2, 0.25) is 11.3 Å². The number of carboxylic acid groups (broad SMARTS) is 1. The number of anilines is 1. The Labute approximate surface area is 205 Å². The Bertz CT molecular complexity index is 1370. The van der Waals surface area contributed by atoms with Crippen LogP contribution in [0.15, 0.2) is 47.4 Å². The van der Waals surface area contributed by atoms with E-state index in [2.05, 4.69) is 15.0 Å². The predicted molar refractivity (Wildman–Crippen MR) is 130 cm³/mol. The van der Waals surface area contributed by atoms with E-state index >= 15 is 4.39 Å². The summed E-state index contributed by atoms with van der Waals surface area (Å²) in [4.78, 5) is 42.5. The van der Waals surface area contributed by atoms with Crippen molar-refractivity contribution in [2.24, 2.45) is 5.73 Å². The first-order valence-corrected chi connectivity index (χ1v) is 11.8. The van der Waals surface area contributed by atoms with Crippen LogP contribution in [0.1, 0.15) is 30.9 Å². The second-order valence-electron chi connectivity index (χ2n) is 9.23. The molecule has 0 spiro atoms. The minimum absolute atomic E-state index is 0.0340. The maximum atomic E-state index is 15.1. The Kier molecular flexibility index (Phi) is 6.31. The second kappa shape index (κ2) is 9.57. The van der Waals surface area contributed by atoms with Crippen molar-refractivity contribution in [1.82, 2.24) is 14.9 Å². The highest BCUT2D eigenvalue weighted by Crippen LogP contribution is 2.38. The first-order valence-electron chi connectivity index (χ1n) is 11.8. The molecule has 0 bridgehead atoms. The molecule has 1 saturated carbocycles. The molecule has 0 radical (unpaired) electrons. The number of benzene rings is 1. The molecule has 2 fully saturated rings. The van der Waals surface area contributed by atoms with Crippen molar-refractivity contribution >= 4 is 28.9 Å². The van der Waals surface area contributed by atoms with Gasteiger partial charge in [-0.3, -0.25) is 9.59 Å². The second-order valence-corrected chi connectivity index (χ2v) is 9.23. The molecular formula is C25H26FN5O5. The van der Waals surface area contributed by atoms with Gasteiger partial charge in [0.05, 0.1) is 17.6 Å². The zero-order chi connectivity index (χ0) is 25.4. The zero-order valence-corrected chi connectivity index (χ0v) is 19.4. The van der Waals surface area contributed by atoms with Crippen molar-refractivity contribution in [3.05, 3.63) is 64.2 Å². The number of pyridine rings is 2. The van der Waals surface area contributed by atoms with Gasteiger partial charge in [0.25, 0.3) is 0 Å². The van der Waals surface area contributed by atoms with Crippen molar-refractivity contribution < 1.29 is 23.8 Å². The maximum Gasteiger partial charge on any atom is 0.511 e. The third-order valence-electron chi connectivity index (χ3n) is 6.51. The van der Waals surface area contributed by atoms with Crippen LogP contribution in [-0.4, -0.2) is 51.9 Å². The van der Waals surface area contributed by atoms with Crippen LogP contribution in [0.2, 0.25) is 0 Å². The summed E-state index contributed by atoms with van der Waals surface area (Å²) in [6.45, 7) is 0.801. The molecule has 2 aromatic heterocycles. The molecule has 1 aromatic carbocycles. The van der Waals surface area contributed by atoms with Crippen molar-refractivity contribution in [1.29, 1.82) is 0 Å². The molecule has 3 aromatic rings. The number of halogens is 1. The van der Waals surface area contributed by atoms with E-state index in [1.54, 1.807) is 9.47 Å². The van der Waals surface area contributed by atoms with E-state index in [9.17, 15) is 14.4 Å². The van der Waals surface area contributed by atoms with E-state index in [-0.39, 0.29) is 40.6 Å². The SMILES string of the molecule is NC(Cc1ccccc1)C(=O)NC1CCN(c2nc3c(cc2F)c(=O)c(OC(=O)O)cn3C2CC2)C1. The molecular weight excluding hydrogens is 469 g/mol. The molecule has 4 N–H and O–H groups in total. The van der Waals surface area contributed by atoms with Crippen LogP contribution in [0.25, 0.3) is 11.0 Å². The van der Waals surface area contributed by atoms with Crippen molar-refractivity contribution in [2.75, 3.05) is 18.0 Å². The van der Waals surface area contributed by atoms with Gasteiger partial charge in [0, 0.05) is 25.2 Å². The van der Waals surface area contributed by atoms with Gasteiger partial charge in [0.15, 0.2) is 17.4 Å². The normalized spacial score (nSPS) is 18.3. The highest BCUT2D eigenvalue weighted by Gasteiger charge is 2.31. The number of hydrogen-bond donors (Lipinski definition) is 3. The van der Waals surface area contributed by atoms with E-state index in [4.69, 9.17) is 10.8 Å². The number of nitrogens with zero attached hydrogens (tertiary/aromatic N) is 3. The summed E-state index contributed by atoms with van der Waals surface area (Å²) < 4.78 is 21.4. The quantitative estimate of drug-likeness (QED) is 0.424. The number of nitrogens with two attached hydrogens (primary N) is 1. The molecule has 188 valence electrons. The van der Waals surface area contributed by atoms with Gasteiger partial charge in [0.1, 0.15) is 5.65 Å². The Morgan fingerprint density at radius 3 is 2.69 bits per heavy atom. The third kappa shape index (κ3) is 4.87. The molecule has 11 heteroatoms. The van der Waals surface area contributed by atoms with Crippen molar-refractivity contribution in [3.63, 3.8) is 0 Å². The Hall–Kier alpha value is -3.99. The minimum Gasteiger partial charge on any atom is -0.449 e. The van der Waals surface area contributed by atoms with Gasteiger partial charge >= 0.3 is 6.16 Å². The molecule has 1 saturated heterocycles. The Balaban J connectivity index is 1.34. The van der Waals surface area contributed by atoms with Crippen LogP contribution < -0.4 is 26.1 Å². The summed E-state index contributed by atoms with van der Waals surface area (Å²) in [5.74, 6) is -1.28. The minimum atomic E-state index is -1.62. The molecule has 2 aliphatic rings. The number of hydrogen-bond acceptors (Lipinski definition) is 7. The van der Waals surface area contributed by atoms with Crippen LogP contribution in [-0.2, 0) is 11.2 Å². The van der Waals surface area contributed by atoms with Gasteiger partial charge in [-0.05, 0) is 37.3 Å². The summed E-state index contributed by atoms with van der Waals surface area (Å²) in [6, 6.07) is 9.69. The van der Waals surface area contributed by atoms with Crippen molar-refractivity contribution in [3.8, 4) is 5.75 Å². The van der Waals surface area contributed by atoms with Gasteiger partial charge in [-0.25, -0.2) is 14.2 Å². The summed E-state index contributed by atoms with van der Waals surface area (Å²) in [5, 5.41) is 11.8. The Morgan fingerprint density at radius 1 is 1.25 bits per heavy atom. The van der Waals surface area contributed by atoms with Crippen LogP contribution in [0.5, 0.6) is 5.75 Å². The monoisotopic (exact) mass is 495 g/mol. The van der Waals surface area contributed by atoms with Gasteiger partial charge in [-0.2, -0.15) is 0 Å². The molecule has 1 amide bonds. The van der Waals surface area contributed by atoms with E-state index in [0.717, 1.165) is 24.5 Å². The standard InChI is InChI=1S/C25H26FN5O5/c26-18-11-17-21(32)20(36-25(34)35)13-31(16-6-7-16)22(17)29-23(18)30-9-8-15(12-30)28-24(33)19(27)10-14-4-2-1-3-5-14/h1-5,11,13,15-16,19H,6-10,12,27H2,(H,28,33)(H,34,35). The Morgan fingerprint density at radius 2 is 2.00 bits per heavy atom. The molecule has 36 heavy (non-hydrogen) atoms. The summed E-state index contributed by atoms with van der Waals surface area (Å²) in [6.07, 6.45) is 2.37. The lowest BCUT2D eigenvalue weighted by Crippen LogP contribution is -2.47. The smallest absolute Gasteiger partial charge is 0.449 e. The molecule has 5 rings (SSSR count). The number of fused-ring (bicyclic) bond motifs is 1. The fraction of sp³-hybridized carbons (Fsp3) is 0.360. The summed E-state index contributed by atoms with van der Waals surface area (Å²) in [7, 11) is 0. The number of carbonyl (C=O) groups excluding carboxylic acids is 1. The fourth-order valence-corrected chi connectivity index (χ4v) is 4.57. The van der Waals surface area contributed by atoms with E-state index in [0.29, 0.717) is 25.9 Å². The highest BCUT2D eigenvalue weighted by atomic mass is 19.1. The lowest BCUT2D eigenvalue weighted by Gasteiger charge is -2.21. The van der Waals surface area contributed by atoms with Gasteiger partial charge < -0.3 is 30.4 Å². The first-order chi connectivity index (χ1) is 17.3. The van der Waals surface area contributed by atoms with E-state index in [1.807, 2.05) is 30.3 Å². The molecule has 3 heterocycles. The lowest BCUT2D eigenvalue weighted by molar-refractivity contribution is -0.122. The van der Waals surface area contributed by atoms with Gasteiger partial charge in [-0.15, -0.1) is 0 Å². The van der Waals surface area contributed by atoms with Crippen LogP contribution in [0, 0.1) is 5.82 Å². The fourth-order valence-electron chi connectivity index (χ4n) is 4.57. The summed E-state index contributed by atoms with van der Waals surface area (Å²) in [5.41, 5.74) is 6.59. The van der Waals surface area contributed by atoms with Crippen LogP contribution >= 0.6 is 0 Å². The number of amides is 1. The average molecular weight is 496 g/mol. The average Bonchev–Trinajstić information content (AvgIpc) is 3.59. The number of ether oxygens (including phenoxy) is 1. The predicted octanol–water partition coefficient (Wildman–Crippen LogP) is 2.19. The third-order valence-corrected chi connectivity index (χ3v) is 6.51. The molecule has 2 unspecified atom stereocenters. The summed E-state index contributed by atoms with van der Waals surface area (Å²) >= 11 is 0. The largest absolute Gasteiger partial charge is 0.511 e. The first kappa shape index (κ1) is 23.7. The lowest BCUT2D eigenvalue weighted by atomic mass is 10.1. The topological polar surface area (TPSA) is 140 Å². The zero-order valence-electron chi connectivity index (χ0n) is 19.4. The maximum absolute atomic E-state index is 15.1. The van der Waals surface area contributed by atoms with Crippen molar-refractivity contribution in [2.45, 2.75) is 43.8 Å². The van der Waals surface area contributed by atoms with Gasteiger partial charge in [-0.1, -0.05) is 30.3 Å². The highest BCUT2D eigenvalue weighted by molar-refractivity contribution is 5.82. The van der Waals surface area contributed by atoms with Crippen LogP contribution in [0.4, 0.5) is 15.0 Å².